The fourth-order valence-corrected chi connectivity index (χ4v) is 2.74. The summed E-state index contributed by atoms with van der Waals surface area (Å²) in [7, 11) is 1.41. The Kier molecular flexibility index (Phi) is 3.49. The van der Waals surface area contributed by atoms with Crippen molar-refractivity contribution in [3.8, 4) is 0 Å². The summed E-state index contributed by atoms with van der Waals surface area (Å²) in [6.45, 7) is 1.69. The summed E-state index contributed by atoms with van der Waals surface area (Å²) in [6, 6.07) is 14.0. The lowest BCUT2D eigenvalue weighted by Gasteiger charge is -2.17. The van der Waals surface area contributed by atoms with Gasteiger partial charge in [0.25, 0.3) is 0 Å². The number of rotatable bonds is 2. The SMILES string of the molecule is COC(=O)c1ccc2c(c1)CN(c1ccc(Br)cc1)C2. The Morgan fingerprint density at radius 3 is 2.50 bits per heavy atom. The summed E-state index contributed by atoms with van der Waals surface area (Å²) in [5.41, 5.74) is 4.25. The van der Waals surface area contributed by atoms with Crippen LogP contribution < -0.4 is 4.90 Å². The molecule has 2 aromatic carbocycles. The first-order chi connectivity index (χ1) is 9.67. The van der Waals surface area contributed by atoms with Gasteiger partial charge < -0.3 is 9.64 Å². The third kappa shape index (κ3) is 2.43. The molecule has 0 spiro atoms. The van der Waals surface area contributed by atoms with Crippen molar-refractivity contribution in [2.24, 2.45) is 0 Å². The van der Waals surface area contributed by atoms with Gasteiger partial charge in [0.15, 0.2) is 0 Å². The van der Waals surface area contributed by atoms with Crippen LogP contribution in [0, 0.1) is 0 Å². The second kappa shape index (κ2) is 5.29. The minimum atomic E-state index is -0.283. The Bertz CT molecular complexity index is 652. The van der Waals surface area contributed by atoms with Gasteiger partial charge in [-0.25, -0.2) is 4.79 Å². The number of ether oxygens (including phenoxy) is 1. The van der Waals surface area contributed by atoms with Gasteiger partial charge in [0.1, 0.15) is 0 Å². The molecule has 3 nitrogen and oxygen atoms in total. The molecule has 0 N–H and O–H groups in total. The maximum Gasteiger partial charge on any atom is 0.337 e. The number of nitrogens with zero attached hydrogens (tertiary/aromatic N) is 1. The van der Waals surface area contributed by atoms with Crippen molar-refractivity contribution in [3.63, 3.8) is 0 Å². The first-order valence-electron chi connectivity index (χ1n) is 6.38. The van der Waals surface area contributed by atoms with Gasteiger partial charge in [-0.3, -0.25) is 0 Å². The van der Waals surface area contributed by atoms with E-state index in [1.54, 1.807) is 0 Å². The van der Waals surface area contributed by atoms with E-state index in [1.165, 1.54) is 23.9 Å². The molecule has 0 unspecified atom stereocenters. The normalized spacial score (nSPS) is 13.2. The van der Waals surface area contributed by atoms with Gasteiger partial charge in [0.05, 0.1) is 12.7 Å². The third-order valence-electron chi connectivity index (χ3n) is 3.54. The zero-order valence-electron chi connectivity index (χ0n) is 11.1. The minimum Gasteiger partial charge on any atom is -0.465 e. The zero-order valence-corrected chi connectivity index (χ0v) is 12.7. The van der Waals surface area contributed by atoms with Crippen LogP contribution in [0.1, 0.15) is 21.5 Å². The molecule has 0 amide bonds. The average Bonchev–Trinajstić information content (AvgIpc) is 2.90. The second-order valence-corrected chi connectivity index (χ2v) is 5.72. The molecule has 0 saturated carbocycles. The fourth-order valence-electron chi connectivity index (χ4n) is 2.47. The van der Waals surface area contributed by atoms with Crippen molar-refractivity contribution in [3.05, 3.63) is 63.6 Å². The molecule has 0 saturated heterocycles. The third-order valence-corrected chi connectivity index (χ3v) is 4.07. The van der Waals surface area contributed by atoms with Gasteiger partial charge in [0, 0.05) is 23.2 Å². The van der Waals surface area contributed by atoms with E-state index < -0.39 is 0 Å². The van der Waals surface area contributed by atoms with Gasteiger partial charge in [0.2, 0.25) is 0 Å². The van der Waals surface area contributed by atoms with Crippen molar-refractivity contribution in [1.29, 1.82) is 0 Å². The van der Waals surface area contributed by atoms with E-state index in [4.69, 9.17) is 4.74 Å². The number of hydrogen-bond acceptors (Lipinski definition) is 3. The molecule has 0 bridgehead atoms. The number of fused-ring (bicyclic) bond motifs is 1. The summed E-state index contributed by atoms with van der Waals surface area (Å²) in [5, 5.41) is 0. The quantitative estimate of drug-likeness (QED) is 0.785. The van der Waals surface area contributed by atoms with Crippen molar-refractivity contribution >= 4 is 27.6 Å². The maximum absolute atomic E-state index is 11.6. The number of esters is 1. The molecule has 2 aromatic rings. The smallest absolute Gasteiger partial charge is 0.337 e. The number of carbonyl (C=O) groups is 1. The number of carbonyl (C=O) groups excluding carboxylic acids is 1. The molecule has 1 heterocycles. The highest BCUT2D eigenvalue weighted by atomic mass is 79.9. The highest BCUT2D eigenvalue weighted by molar-refractivity contribution is 9.10. The molecule has 0 aromatic heterocycles. The molecular weight excluding hydrogens is 318 g/mol. The van der Waals surface area contributed by atoms with E-state index in [0.717, 1.165) is 17.6 Å². The topological polar surface area (TPSA) is 29.5 Å². The van der Waals surface area contributed by atoms with Gasteiger partial charge in [-0.15, -0.1) is 0 Å². The van der Waals surface area contributed by atoms with Crippen LogP contribution in [0.15, 0.2) is 46.9 Å². The van der Waals surface area contributed by atoms with E-state index in [-0.39, 0.29) is 5.97 Å². The molecule has 3 rings (SSSR count). The molecule has 0 radical (unpaired) electrons. The van der Waals surface area contributed by atoms with E-state index >= 15 is 0 Å². The van der Waals surface area contributed by atoms with E-state index in [2.05, 4.69) is 33.0 Å². The van der Waals surface area contributed by atoms with Gasteiger partial charge in [-0.1, -0.05) is 22.0 Å². The van der Waals surface area contributed by atoms with Gasteiger partial charge in [-0.2, -0.15) is 0 Å². The Labute approximate surface area is 126 Å². The largest absolute Gasteiger partial charge is 0.465 e. The van der Waals surface area contributed by atoms with Crippen LogP contribution in [0.3, 0.4) is 0 Å². The fraction of sp³-hybridized carbons (Fsp3) is 0.188. The summed E-state index contributed by atoms with van der Waals surface area (Å²) in [6.07, 6.45) is 0. The Hall–Kier alpha value is -1.81. The molecule has 0 fully saturated rings. The standard InChI is InChI=1S/C16H14BrNO2/c1-20-16(19)11-2-3-12-9-18(10-13(12)8-11)15-6-4-14(17)5-7-15/h2-8H,9-10H2,1H3. The average molecular weight is 332 g/mol. The van der Waals surface area contributed by atoms with Crippen LogP contribution in [-0.2, 0) is 17.8 Å². The summed E-state index contributed by atoms with van der Waals surface area (Å²) in [5.74, 6) is -0.283. The van der Waals surface area contributed by atoms with Crippen LogP contribution in [0.5, 0.6) is 0 Å². The summed E-state index contributed by atoms with van der Waals surface area (Å²) in [4.78, 5) is 13.9. The predicted octanol–water partition coefficient (Wildman–Crippen LogP) is 3.76. The molecular formula is C16H14BrNO2. The molecule has 1 aliphatic rings. The Morgan fingerprint density at radius 2 is 1.80 bits per heavy atom. The van der Waals surface area contributed by atoms with Crippen molar-refractivity contribution < 1.29 is 9.53 Å². The lowest BCUT2D eigenvalue weighted by atomic mass is 10.1. The molecule has 0 aliphatic carbocycles. The van der Waals surface area contributed by atoms with Crippen LogP contribution in [0.25, 0.3) is 0 Å². The lowest BCUT2D eigenvalue weighted by Crippen LogP contribution is -2.14. The molecule has 102 valence electrons. The van der Waals surface area contributed by atoms with Crippen molar-refractivity contribution in [2.75, 3.05) is 12.0 Å². The number of methoxy groups -OCH3 is 1. The minimum absolute atomic E-state index is 0.283. The molecule has 20 heavy (non-hydrogen) atoms. The lowest BCUT2D eigenvalue weighted by molar-refractivity contribution is 0.0600. The van der Waals surface area contributed by atoms with E-state index in [9.17, 15) is 4.79 Å². The Morgan fingerprint density at radius 1 is 1.10 bits per heavy atom. The highest BCUT2D eigenvalue weighted by Gasteiger charge is 2.20. The molecule has 0 atom stereocenters. The number of anilines is 1. The summed E-state index contributed by atoms with van der Waals surface area (Å²) >= 11 is 3.45. The van der Waals surface area contributed by atoms with E-state index in [1.807, 2.05) is 30.3 Å². The second-order valence-electron chi connectivity index (χ2n) is 4.81. The van der Waals surface area contributed by atoms with Crippen LogP contribution in [0.4, 0.5) is 5.69 Å². The monoisotopic (exact) mass is 331 g/mol. The zero-order chi connectivity index (χ0) is 14.1. The van der Waals surface area contributed by atoms with Crippen LogP contribution in [-0.4, -0.2) is 13.1 Å². The summed E-state index contributed by atoms with van der Waals surface area (Å²) < 4.78 is 5.84. The van der Waals surface area contributed by atoms with Gasteiger partial charge >= 0.3 is 5.97 Å². The number of benzene rings is 2. The van der Waals surface area contributed by atoms with Crippen molar-refractivity contribution in [2.45, 2.75) is 13.1 Å². The number of halogens is 1. The molecule has 4 heteroatoms. The first-order valence-corrected chi connectivity index (χ1v) is 7.17. The van der Waals surface area contributed by atoms with E-state index in [0.29, 0.717) is 5.56 Å². The predicted molar refractivity (Wildman–Crippen MR) is 81.8 cm³/mol. The van der Waals surface area contributed by atoms with Crippen LogP contribution in [0.2, 0.25) is 0 Å². The highest BCUT2D eigenvalue weighted by Crippen LogP contribution is 2.29. The Balaban J connectivity index is 1.85. The maximum atomic E-state index is 11.6. The molecule has 1 aliphatic heterocycles. The van der Waals surface area contributed by atoms with Gasteiger partial charge in [-0.05, 0) is 47.5 Å². The first kappa shape index (κ1) is 13.2. The van der Waals surface area contributed by atoms with Crippen LogP contribution >= 0.6 is 15.9 Å². The number of hydrogen-bond donors (Lipinski definition) is 0. The van der Waals surface area contributed by atoms with Crippen molar-refractivity contribution in [1.82, 2.24) is 0 Å².